The third-order valence-electron chi connectivity index (χ3n) is 3.95. The third-order valence-corrected chi connectivity index (χ3v) is 3.95. The summed E-state index contributed by atoms with van der Waals surface area (Å²) in [4.78, 5) is 21.2. The van der Waals surface area contributed by atoms with Crippen molar-refractivity contribution in [3.63, 3.8) is 0 Å². The number of fused-ring (bicyclic) bond motifs is 1. The number of aromatic nitrogens is 4. The Balaban J connectivity index is 1.76. The fraction of sp³-hybridized carbons (Fsp3) is 0.0500. The Morgan fingerprint density at radius 1 is 1.04 bits per heavy atom. The highest BCUT2D eigenvalue weighted by Gasteiger charge is 2.07. The van der Waals surface area contributed by atoms with Crippen molar-refractivity contribution in [3.05, 3.63) is 94.3 Å². The summed E-state index contributed by atoms with van der Waals surface area (Å²) in [7, 11) is 0. The molecular formula is C20H16N4O. The zero-order valence-corrected chi connectivity index (χ0v) is 13.7. The molecule has 0 amide bonds. The minimum Gasteiger partial charge on any atom is -0.267 e. The van der Waals surface area contributed by atoms with Crippen molar-refractivity contribution in [3.8, 4) is 5.69 Å². The van der Waals surface area contributed by atoms with Gasteiger partial charge in [-0.05, 0) is 36.8 Å². The van der Waals surface area contributed by atoms with Gasteiger partial charge in [0.05, 0.1) is 11.4 Å². The smallest absolute Gasteiger partial charge is 0.267 e. The number of hydrogen-bond donors (Lipinski definition) is 0. The van der Waals surface area contributed by atoms with Gasteiger partial charge in [0.25, 0.3) is 5.56 Å². The van der Waals surface area contributed by atoms with E-state index < -0.39 is 0 Å². The maximum atomic E-state index is 12.6. The van der Waals surface area contributed by atoms with Crippen molar-refractivity contribution in [2.45, 2.75) is 6.92 Å². The first-order valence-corrected chi connectivity index (χ1v) is 7.97. The van der Waals surface area contributed by atoms with Crippen LogP contribution in [0.25, 0.3) is 23.5 Å². The van der Waals surface area contributed by atoms with Gasteiger partial charge in [-0.3, -0.25) is 14.5 Å². The molecule has 0 fully saturated rings. The summed E-state index contributed by atoms with van der Waals surface area (Å²) in [6.07, 6.45) is 9.05. The molecule has 3 aromatic heterocycles. The summed E-state index contributed by atoms with van der Waals surface area (Å²) in [6, 6.07) is 15.2. The van der Waals surface area contributed by atoms with Crippen LogP contribution >= 0.6 is 0 Å². The van der Waals surface area contributed by atoms with Crippen molar-refractivity contribution in [2.24, 2.45) is 0 Å². The molecule has 0 unspecified atom stereocenters. The number of benzene rings is 1. The molecule has 4 rings (SSSR count). The van der Waals surface area contributed by atoms with E-state index in [0.717, 1.165) is 11.3 Å². The zero-order valence-electron chi connectivity index (χ0n) is 13.7. The average molecular weight is 328 g/mol. The minimum atomic E-state index is -0.124. The fourth-order valence-electron chi connectivity index (χ4n) is 2.68. The van der Waals surface area contributed by atoms with Crippen LogP contribution < -0.4 is 5.56 Å². The topological polar surface area (TPSA) is 52.2 Å². The standard InChI is InChI=1S/C20H16N4O/c1-15-4-8-18(9-5-15)23-12-10-19-22-17(13-20(25)24(19)23)7-6-16-3-2-11-21-14-16/h2-14H,1H3. The van der Waals surface area contributed by atoms with E-state index in [1.54, 1.807) is 21.6 Å². The molecule has 0 spiro atoms. The highest BCUT2D eigenvalue weighted by Crippen LogP contribution is 2.12. The number of nitrogens with zero attached hydrogens (tertiary/aromatic N) is 4. The predicted molar refractivity (Wildman–Crippen MR) is 98.7 cm³/mol. The van der Waals surface area contributed by atoms with E-state index in [2.05, 4.69) is 9.97 Å². The zero-order chi connectivity index (χ0) is 17.2. The van der Waals surface area contributed by atoms with Crippen LogP contribution in [0.15, 0.2) is 71.9 Å². The van der Waals surface area contributed by atoms with Gasteiger partial charge in [-0.15, -0.1) is 0 Å². The molecule has 1 aromatic carbocycles. The second-order valence-electron chi connectivity index (χ2n) is 5.80. The van der Waals surface area contributed by atoms with Crippen LogP contribution in [0.5, 0.6) is 0 Å². The summed E-state index contributed by atoms with van der Waals surface area (Å²) in [5.41, 5.74) is 4.16. The Labute approximate surface area is 144 Å². The van der Waals surface area contributed by atoms with E-state index >= 15 is 0 Å². The molecule has 4 aromatic rings. The average Bonchev–Trinajstić information content (AvgIpc) is 3.06. The van der Waals surface area contributed by atoms with E-state index in [-0.39, 0.29) is 5.56 Å². The SMILES string of the molecule is Cc1ccc(-n2ccc3nc(C=Cc4cccnc4)cc(=O)n32)cc1. The van der Waals surface area contributed by atoms with Crippen LogP contribution in [0.2, 0.25) is 0 Å². The largest absolute Gasteiger partial charge is 0.273 e. The summed E-state index contributed by atoms with van der Waals surface area (Å²) >= 11 is 0. The fourth-order valence-corrected chi connectivity index (χ4v) is 2.68. The quantitative estimate of drug-likeness (QED) is 0.579. The van der Waals surface area contributed by atoms with E-state index in [9.17, 15) is 4.79 Å². The first kappa shape index (κ1) is 15.1. The second-order valence-corrected chi connectivity index (χ2v) is 5.80. The number of rotatable bonds is 3. The van der Waals surface area contributed by atoms with Gasteiger partial charge in [-0.25, -0.2) is 4.98 Å². The van der Waals surface area contributed by atoms with Crippen molar-refractivity contribution in [2.75, 3.05) is 0 Å². The molecule has 3 heterocycles. The van der Waals surface area contributed by atoms with Gasteiger partial charge in [-0.1, -0.05) is 29.8 Å². The lowest BCUT2D eigenvalue weighted by molar-refractivity contribution is 0.763. The summed E-state index contributed by atoms with van der Waals surface area (Å²) in [5.74, 6) is 0. The van der Waals surface area contributed by atoms with Crippen LogP contribution in [0.1, 0.15) is 16.8 Å². The molecule has 25 heavy (non-hydrogen) atoms. The Morgan fingerprint density at radius 2 is 1.88 bits per heavy atom. The van der Waals surface area contributed by atoms with Gasteiger partial charge in [0.15, 0.2) is 5.65 Å². The number of hydrogen-bond acceptors (Lipinski definition) is 3. The number of pyridine rings is 1. The van der Waals surface area contributed by atoms with Crippen LogP contribution in [0.3, 0.4) is 0 Å². The number of aryl methyl sites for hydroxylation is 1. The van der Waals surface area contributed by atoms with Crippen molar-refractivity contribution in [1.29, 1.82) is 0 Å². The van der Waals surface area contributed by atoms with Gasteiger partial charge < -0.3 is 0 Å². The Hall–Kier alpha value is -3.47. The van der Waals surface area contributed by atoms with Crippen LogP contribution in [0, 0.1) is 6.92 Å². The maximum Gasteiger partial charge on any atom is 0.273 e. The monoisotopic (exact) mass is 328 g/mol. The molecule has 5 heteroatoms. The molecule has 0 radical (unpaired) electrons. The first-order valence-electron chi connectivity index (χ1n) is 7.97. The summed E-state index contributed by atoms with van der Waals surface area (Å²) in [6.45, 7) is 2.03. The van der Waals surface area contributed by atoms with E-state index in [1.165, 1.54) is 11.6 Å². The molecule has 0 saturated carbocycles. The second kappa shape index (κ2) is 6.20. The van der Waals surface area contributed by atoms with Gasteiger partial charge in [0.2, 0.25) is 0 Å². The third kappa shape index (κ3) is 2.99. The van der Waals surface area contributed by atoms with Crippen LogP contribution in [0.4, 0.5) is 0 Å². The maximum absolute atomic E-state index is 12.6. The minimum absolute atomic E-state index is 0.124. The normalized spacial score (nSPS) is 11.4. The van der Waals surface area contributed by atoms with Crippen molar-refractivity contribution in [1.82, 2.24) is 19.2 Å². The van der Waals surface area contributed by atoms with Gasteiger partial charge >= 0.3 is 0 Å². The molecule has 0 N–H and O–H groups in total. The molecular weight excluding hydrogens is 312 g/mol. The molecule has 0 aliphatic rings. The molecule has 0 aliphatic carbocycles. The van der Waals surface area contributed by atoms with E-state index in [0.29, 0.717) is 11.3 Å². The Kier molecular flexibility index (Phi) is 3.74. The van der Waals surface area contributed by atoms with Crippen molar-refractivity contribution >= 4 is 17.8 Å². The molecule has 0 aliphatic heterocycles. The van der Waals surface area contributed by atoms with Crippen molar-refractivity contribution < 1.29 is 0 Å². The van der Waals surface area contributed by atoms with E-state index in [4.69, 9.17) is 0 Å². The predicted octanol–water partition coefficient (Wildman–Crippen LogP) is 3.36. The van der Waals surface area contributed by atoms with Crippen LogP contribution in [-0.2, 0) is 0 Å². The van der Waals surface area contributed by atoms with Crippen LogP contribution in [-0.4, -0.2) is 19.2 Å². The van der Waals surface area contributed by atoms with Gasteiger partial charge in [-0.2, -0.15) is 4.52 Å². The van der Waals surface area contributed by atoms with E-state index in [1.807, 2.05) is 67.7 Å². The molecule has 0 bridgehead atoms. The highest BCUT2D eigenvalue weighted by atomic mass is 16.1. The lowest BCUT2D eigenvalue weighted by atomic mass is 10.2. The lowest BCUT2D eigenvalue weighted by Crippen LogP contribution is -2.19. The molecule has 5 nitrogen and oxygen atoms in total. The Morgan fingerprint density at radius 3 is 2.64 bits per heavy atom. The molecule has 0 saturated heterocycles. The Bertz CT molecular complexity index is 1110. The summed E-state index contributed by atoms with van der Waals surface area (Å²) < 4.78 is 3.37. The lowest BCUT2D eigenvalue weighted by Gasteiger charge is -2.07. The first-order chi connectivity index (χ1) is 12.2. The van der Waals surface area contributed by atoms with Gasteiger partial charge in [0.1, 0.15) is 0 Å². The molecule has 122 valence electrons. The molecule has 0 atom stereocenters. The summed E-state index contributed by atoms with van der Waals surface area (Å²) in [5, 5.41) is 0. The van der Waals surface area contributed by atoms with Gasteiger partial charge in [0, 0.05) is 30.7 Å². The highest BCUT2D eigenvalue weighted by molar-refractivity contribution is 5.68.